The quantitative estimate of drug-likeness (QED) is 0.140. The molecule has 0 unspecified atom stereocenters. The molecule has 0 saturated carbocycles. The minimum Gasteiger partial charge on any atom is -0.494 e. The highest BCUT2D eigenvalue weighted by Crippen LogP contribution is 2.38. The molecule has 1 aromatic heterocycles. The molecule has 4 heterocycles. The summed E-state index contributed by atoms with van der Waals surface area (Å²) in [5.41, 5.74) is 2.62. The first-order valence-corrected chi connectivity index (χ1v) is 18.2. The number of ether oxygens (including phenoxy) is 1. The summed E-state index contributed by atoms with van der Waals surface area (Å²) in [4.78, 5) is 29.6. The molecule has 3 fully saturated rings. The highest BCUT2D eigenvalue weighted by Gasteiger charge is 2.35. The van der Waals surface area contributed by atoms with E-state index in [4.69, 9.17) is 10.00 Å². The largest absolute Gasteiger partial charge is 0.494 e. The summed E-state index contributed by atoms with van der Waals surface area (Å²) in [7, 11) is 1.98. The van der Waals surface area contributed by atoms with E-state index < -0.39 is 23.6 Å². The molecule has 0 aliphatic carbocycles. The van der Waals surface area contributed by atoms with Gasteiger partial charge in [0.25, 0.3) is 0 Å². The molecule has 278 valence electrons. The van der Waals surface area contributed by atoms with Crippen LogP contribution in [0.2, 0.25) is 0 Å². The molecule has 4 aromatic rings. The molecule has 0 spiro atoms. The Hall–Kier alpha value is -5.09. The molecule has 7 rings (SSSR count). The molecule has 9 nitrogen and oxygen atoms in total. The SMILES string of the molecule is Cn1c(C2CCN(CCCOc3ccc(C4CCN(c5ccc(C#N)c(C(F)(F)F)c5)CC4)cc3)CC2)cc2cc(F)c(N3CCC(=O)NC3=O)cc21. The molecule has 3 amide bonds. The number of benzene rings is 3. The van der Waals surface area contributed by atoms with Gasteiger partial charge in [-0.3, -0.25) is 15.0 Å². The number of halogens is 4. The number of urea groups is 1. The summed E-state index contributed by atoms with van der Waals surface area (Å²) in [5, 5.41) is 12.1. The van der Waals surface area contributed by atoms with Crippen molar-refractivity contribution in [2.24, 2.45) is 7.05 Å². The van der Waals surface area contributed by atoms with Gasteiger partial charge in [0.1, 0.15) is 11.6 Å². The standard InChI is InChI=1S/C40H42F4N6O3/c1-47-35(22-30-21-34(41)37(24-36(30)47)50-19-13-38(51)46-39(50)52)28-9-15-48(16-10-28)14-2-20-53-32-7-4-26(5-8-32)27-11-17-49(18-12-27)31-6-3-29(25-45)33(23-31)40(42,43)44/h3-8,21-24,27-28H,2,9-20H2,1H3,(H,46,51,52). The van der Waals surface area contributed by atoms with E-state index in [1.54, 1.807) is 18.2 Å². The topological polar surface area (TPSA) is 93.8 Å². The van der Waals surface area contributed by atoms with Crippen LogP contribution in [0.25, 0.3) is 10.9 Å². The molecule has 0 radical (unpaired) electrons. The summed E-state index contributed by atoms with van der Waals surface area (Å²) in [5.74, 6) is 0.623. The van der Waals surface area contributed by atoms with Crippen molar-refractivity contribution in [3.05, 3.63) is 88.9 Å². The van der Waals surface area contributed by atoms with E-state index in [0.29, 0.717) is 37.2 Å². The van der Waals surface area contributed by atoms with Crippen LogP contribution in [-0.2, 0) is 18.0 Å². The molecule has 3 aliphatic rings. The van der Waals surface area contributed by atoms with Crippen LogP contribution >= 0.6 is 0 Å². The molecule has 3 saturated heterocycles. The van der Waals surface area contributed by atoms with Crippen molar-refractivity contribution in [2.45, 2.75) is 56.5 Å². The van der Waals surface area contributed by atoms with Crippen LogP contribution in [0.5, 0.6) is 5.75 Å². The van der Waals surface area contributed by atoms with Crippen molar-refractivity contribution in [1.29, 1.82) is 5.26 Å². The maximum Gasteiger partial charge on any atom is 0.417 e. The summed E-state index contributed by atoms with van der Waals surface area (Å²) < 4.78 is 63.6. The number of aromatic nitrogens is 1. The van der Waals surface area contributed by atoms with E-state index in [9.17, 15) is 22.8 Å². The van der Waals surface area contributed by atoms with Crippen molar-refractivity contribution < 1.29 is 31.9 Å². The Morgan fingerprint density at radius 2 is 1.62 bits per heavy atom. The van der Waals surface area contributed by atoms with Gasteiger partial charge in [0.2, 0.25) is 5.91 Å². The maximum atomic E-state index is 15.1. The number of amides is 3. The van der Waals surface area contributed by atoms with Gasteiger partial charge in [-0.05, 0) is 105 Å². The zero-order valence-electron chi connectivity index (χ0n) is 29.6. The Kier molecular flexibility index (Phi) is 10.3. The smallest absolute Gasteiger partial charge is 0.417 e. The minimum absolute atomic E-state index is 0.134. The second-order valence-electron chi connectivity index (χ2n) is 14.2. The molecule has 1 N–H and O–H groups in total. The molecule has 13 heteroatoms. The summed E-state index contributed by atoms with van der Waals surface area (Å²) in [6.07, 6.45) is 0.0671. The van der Waals surface area contributed by atoms with Crippen LogP contribution in [0.1, 0.15) is 72.7 Å². The number of anilines is 2. The molecular weight excluding hydrogens is 688 g/mol. The third-order valence-corrected chi connectivity index (χ3v) is 11.0. The van der Waals surface area contributed by atoms with Crippen molar-refractivity contribution in [3.8, 4) is 11.8 Å². The summed E-state index contributed by atoms with van der Waals surface area (Å²) >= 11 is 0. The van der Waals surface area contributed by atoms with Crippen LogP contribution in [0.4, 0.5) is 33.7 Å². The first-order valence-electron chi connectivity index (χ1n) is 18.2. The number of piperidine rings is 2. The number of nitriles is 1. The molecule has 0 atom stereocenters. The Bertz CT molecular complexity index is 2020. The van der Waals surface area contributed by atoms with Gasteiger partial charge in [-0.1, -0.05) is 12.1 Å². The summed E-state index contributed by atoms with van der Waals surface area (Å²) in [6, 6.07) is 18.4. The Morgan fingerprint density at radius 3 is 2.30 bits per heavy atom. The zero-order chi connectivity index (χ0) is 37.3. The predicted molar refractivity (Wildman–Crippen MR) is 194 cm³/mol. The lowest BCUT2D eigenvalue weighted by molar-refractivity contribution is -0.137. The highest BCUT2D eigenvalue weighted by atomic mass is 19.4. The fourth-order valence-electron chi connectivity index (χ4n) is 8.06. The van der Waals surface area contributed by atoms with Crippen LogP contribution in [0, 0.1) is 17.1 Å². The fraction of sp³-hybridized carbons (Fsp3) is 0.425. The number of hydrogen-bond donors (Lipinski definition) is 1. The van der Waals surface area contributed by atoms with E-state index in [1.165, 1.54) is 22.6 Å². The van der Waals surface area contributed by atoms with E-state index in [2.05, 4.69) is 33.0 Å². The number of alkyl halides is 3. The normalized spacial score (nSPS) is 18.0. The maximum absolute atomic E-state index is 15.1. The molecule has 53 heavy (non-hydrogen) atoms. The van der Waals surface area contributed by atoms with Gasteiger partial charge in [0.05, 0.1) is 35.0 Å². The van der Waals surface area contributed by atoms with Gasteiger partial charge in [0, 0.05) is 62.3 Å². The Balaban J connectivity index is 0.850. The van der Waals surface area contributed by atoms with Gasteiger partial charge < -0.3 is 19.1 Å². The average Bonchev–Trinajstić information content (AvgIpc) is 3.47. The lowest BCUT2D eigenvalue weighted by atomic mass is 9.89. The Morgan fingerprint density at radius 1 is 0.906 bits per heavy atom. The van der Waals surface area contributed by atoms with E-state index >= 15 is 4.39 Å². The second kappa shape index (κ2) is 15.1. The Labute approximate surface area is 305 Å². The monoisotopic (exact) mass is 730 g/mol. The van der Waals surface area contributed by atoms with Gasteiger partial charge in [-0.2, -0.15) is 18.4 Å². The van der Waals surface area contributed by atoms with Crippen molar-refractivity contribution >= 4 is 34.2 Å². The number of rotatable bonds is 9. The zero-order valence-corrected chi connectivity index (χ0v) is 29.6. The third kappa shape index (κ3) is 7.83. The predicted octanol–water partition coefficient (Wildman–Crippen LogP) is 7.69. The number of imide groups is 1. The third-order valence-electron chi connectivity index (χ3n) is 11.0. The molecular formula is C40H42F4N6O3. The van der Waals surface area contributed by atoms with Crippen LogP contribution in [-0.4, -0.2) is 67.3 Å². The number of nitrogens with one attached hydrogen (secondary N) is 1. The van der Waals surface area contributed by atoms with Gasteiger partial charge in [-0.25, -0.2) is 9.18 Å². The second-order valence-corrected chi connectivity index (χ2v) is 14.2. The lowest BCUT2D eigenvalue weighted by Crippen LogP contribution is -2.49. The van der Waals surface area contributed by atoms with Crippen LogP contribution in [0.15, 0.2) is 60.7 Å². The van der Waals surface area contributed by atoms with Gasteiger partial charge in [0.15, 0.2) is 0 Å². The molecule has 0 bridgehead atoms. The van der Waals surface area contributed by atoms with Crippen LogP contribution in [0.3, 0.4) is 0 Å². The van der Waals surface area contributed by atoms with E-state index in [0.717, 1.165) is 80.2 Å². The first-order chi connectivity index (χ1) is 25.5. The number of carbonyl (C=O) groups excluding carboxylic acids is 2. The summed E-state index contributed by atoms with van der Waals surface area (Å²) in [6.45, 7) is 4.85. The molecule has 3 aliphatic heterocycles. The van der Waals surface area contributed by atoms with Crippen molar-refractivity contribution in [3.63, 3.8) is 0 Å². The van der Waals surface area contributed by atoms with Gasteiger partial charge in [-0.15, -0.1) is 0 Å². The average molecular weight is 731 g/mol. The first kappa shape index (κ1) is 36.3. The van der Waals surface area contributed by atoms with Crippen molar-refractivity contribution in [1.82, 2.24) is 14.8 Å². The highest BCUT2D eigenvalue weighted by molar-refractivity contribution is 6.06. The number of fused-ring (bicyclic) bond motifs is 1. The lowest BCUT2D eigenvalue weighted by Gasteiger charge is -2.34. The molecule has 3 aromatic carbocycles. The number of carbonyl (C=O) groups is 2. The van der Waals surface area contributed by atoms with E-state index in [1.807, 2.05) is 24.1 Å². The van der Waals surface area contributed by atoms with Crippen molar-refractivity contribution in [2.75, 3.05) is 55.7 Å². The number of aryl methyl sites for hydroxylation is 1. The minimum atomic E-state index is -4.57. The number of hydrogen-bond acceptors (Lipinski definition) is 6. The number of nitrogens with zero attached hydrogens (tertiary/aromatic N) is 5. The fourth-order valence-corrected chi connectivity index (χ4v) is 8.06. The number of likely N-dealkylation sites (tertiary alicyclic amines) is 1. The van der Waals surface area contributed by atoms with E-state index in [-0.39, 0.29) is 30.1 Å². The van der Waals surface area contributed by atoms with Crippen LogP contribution < -0.4 is 19.9 Å². The van der Waals surface area contributed by atoms with Gasteiger partial charge >= 0.3 is 12.2 Å².